The van der Waals surface area contributed by atoms with Crippen molar-refractivity contribution in [3.63, 3.8) is 0 Å². The monoisotopic (exact) mass is 449 g/mol. The number of hydrogen-bond donors (Lipinski definition) is 0. The first-order chi connectivity index (χ1) is 16.1. The third-order valence-electron chi connectivity index (χ3n) is 5.81. The van der Waals surface area contributed by atoms with Gasteiger partial charge in [-0.3, -0.25) is 4.79 Å². The van der Waals surface area contributed by atoms with Gasteiger partial charge in [0.2, 0.25) is 0 Å². The predicted molar refractivity (Wildman–Crippen MR) is 129 cm³/mol. The highest BCUT2D eigenvalue weighted by Crippen LogP contribution is 2.34. The smallest absolute Gasteiger partial charge is 0.298 e. The summed E-state index contributed by atoms with van der Waals surface area (Å²) in [4.78, 5) is 14.1. The van der Waals surface area contributed by atoms with Gasteiger partial charge < -0.3 is 19.1 Å². The van der Waals surface area contributed by atoms with Gasteiger partial charge in [-0.05, 0) is 37.3 Å². The minimum absolute atomic E-state index is 0.132. The molecule has 1 heterocycles. The van der Waals surface area contributed by atoms with Crippen LogP contribution in [-0.4, -0.2) is 49.8 Å². The minimum atomic E-state index is -0.346. The third kappa shape index (κ3) is 8.66. The zero-order chi connectivity index (χ0) is 23.4. The zero-order valence-electron chi connectivity index (χ0n) is 19.8. The van der Waals surface area contributed by atoms with Crippen LogP contribution >= 0.6 is 0 Å². The van der Waals surface area contributed by atoms with Crippen LogP contribution in [0.1, 0.15) is 37.8 Å². The van der Waals surface area contributed by atoms with Crippen molar-refractivity contribution in [1.29, 1.82) is 0 Å². The largest absolute Gasteiger partial charge is 0.376 e. The Morgan fingerprint density at radius 1 is 0.970 bits per heavy atom. The number of carbonyl (C=O) groups excluding carboxylic acids is 1. The average Bonchev–Trinajstić information content (AvgIpc) is 3.65. The number of benzene rings is 2. The molecule has 1 atom stereocenters. The van der Waals surface area contributed by atoms with Crippen molar-refractivity contribution in [3.05, 3.63) is 71.8 Å². The van der Waals surface area contributed by atoms with Gasteiger partial charge in [0.05, 0.1) is 39.1 Å². The Morgan fingerprint density at radius 3 is 1.94 bits per heavy atom. The first kappa shape index (κ1) is 25.0. The van der Waals surface area contributed by atoms with Crippen molar-refractivity contribution >= 4 is 5.91 Å². The van der Waals surface area contributed by atoms with Crippen molar-refractivity contribution in [2.45, 2.75) is 46.0 Å². The summed E-state index contributed by atoms with van der Waals surface area (Å²) in [5, 5.41) is 0. The molecular weight excluding hydrogens is 414 g/mol. The van der Waals surface area contributed by atoms with E-state index in [1.807, 2.05) is 50.2 Å². The number of hydrogen-bond acceptors (Lipinski definition) is 4. The van der Waals surface area contributed by atoms with E-state index in [-0.39, 0.29) is 17.4 Å². The Hall–Kier alpha value is -2.65. The van der Waals surface area contributed by atoms with Crippen LogP contribution in [0, 0.1) is 17.3 Å². The lowest BCUT2D eigenvalue weighted by molar-refractivity contribution is -0.124. The molecule has 1 aliphatic heterocycles. The average molecular weight is 450 g/mol. The summed E-state index contributed by atoms with van der Waals surface area (Å²) in [5.41, 5.74) is 1.91. The standard InChI is InChI=1S/C28H35NO4/c1-3-29(4-2)27(30)16-11-17-28(18-26-21-33-26,22-31-19-24-12-7-5-8-13-24)23-32-20-25-14-9-6-10-15-25/h5-10,12-15,26H,3-4,17-23H2,1-2H3. The lowest BCUT2D eigenvalue weighted by atomic mass is 9.81. The molecule has 0 N–H and O–H groups in total. The molecule has 5 nitrogen and oxygen atoms in total. The molecule has 1 unspecified atom stereocenters. The Bertz CT molecular complexity index is 850. The van der Waals surface area contributed by atoms with Crippen molar-refractivity contribution in [3.8, 4) is 11.8 Å². The first-order valence-corrected chi connectivity index (χ1v) is 11.8. The van der Waals surface area contributed by atoms with Gasteiger partial charge in [0.1, 0.15) is 0 Å². The maximum atomic E-state index is 12.4. The van der Waals surface area contributed by atoms with E-state index < -0.39 is 0 Å². The van der Waals surface area contributed by atoms with Gasteiger partial charge in [-0.15, -0.1) is 0 Å². The second-order valence-corrected chi connectivity index (χ2v) is 8.57. The third-order valence-corrected chi connectivity index (χ3v) is 5.81. The fraction of sp³-hybridized carbons (Fsp3) is 0.464. The van der Waals surface area contributed by atoms with Crippen molar-refractivity contribution < 1.29 is 19.0 Å². The van der Waals surface area contributed by atoms with Gasteiger partial charge >= 0.3 is 0 Å². The van der Waals surface area contributed by atoms with E-state index in [2.05, 4.69) is 36.1 Å². The maximum absolute atomic E-state index is 12.4. The summed E-state index contributed by atoms with van der Waals surface area (Å²) in [7, 11) is 0. The Kier molecular flexibility index (Phi) is 9.96. The molecule has 0 bridgehead atoms. The minimum Gasteiger partial charge on any atom is -0.376 e. The van der Waals surface area contributed by atoms with Gasteiger partial charge in [0.25, 0.3) is 5.91 Å². The highest BCUT2D eigenvalue weighted by molar-refractivity contribution is 5.93. The quantitative estimate of drug-likeness (QED) is 0.335. The van der Waals surface area contributed by atoms with Crippen LogP contribution in [0.2, 0.25) is 0 Å². The first-order valence-electron chi connectivity index (χ1n) is 11.8. The second-order valence-electron chi connectivity index (χ2n) is 8.57. The fourth-order valence-electron chi connectivity index (χ4n) is 3.82. The van der Waals surface area contributed by atoms with Gasteiger partial charge in [-0.1, -0.05) is 66.6 Å². The molecule has 5 heteroatoms. The maximum Gasteiger partial charge on any atom is 0.298 e. The normalized spacial score (nSPS) is 14.9. The number of amides is 1. The summed E-state index contributed by atoms with van der Waals surface area (Å²) in [5.74, 6) is 5.85. The summed E-state index contributed by atoms with van der Waals surface area (Å²) in [6.07, 6.45) is 1.51. The van der Waals surface area contributed by atoms with Gasteiger partial charge in [0, 0.05) is 24.9 Å². The highest BCUT2D eigenvalue weighted by Gasteiger charge is 2.38. The molecule has 3 rings (SSSR count). The number of ether oxygens (including phenoxy) is 3. The number of rotatable bonds is 13. The van der Waals surface area contributed by atoms with Crippen LogP contribution in [0.4, 0.5) is 0 Å². The topological polar surface area (TPSA) is 51.3 Å². The lowest BCUT2D eigenvalue weighted by Crippen LogP contribution is -2.34. The SMILES string of the molecule is CCN(CC)C(=O)C#CCC(COCc1ccccc1)(COCc1ccccc1)CC1CO1. The van der Waals surface area contributed by atoms with E-state index in [9.17, 15) is 4.79 Å². The van der Waals surface area contributed by atoms with Crippen LogP contribution in [0.15, 0.2) is 60.7 Å². The molecule has 0 saturated carbocycles. The summed E-state index contributed by atoms with van der Waals surface area (Å²) in [6.45, 7) is 8.04. The van der Waals surface area contributed by atoms with Gasteiger partial charge in [-0.25, -0.2) is 0 Å². The van der Waals surface area contributed by atoms with Crippen LogP contribution < -0.4 is 0 Å². The molecule has 1 aliphatic rings. The molecule has 33 heavy (non-hydrogen) atoms. The van der Waals surface area contributed by atoms with Crippen LogP contribution in [0.5, 0.6) is 0 Å². The van der Waals surface area contributed by atoms with Crippen LogP contribution in [0.3, 0.4) is 0 Å². The molecule has 1 fully saturated rings. The number of epoxide rings is 1. The molecule has 2 aromatic carbocycles. The van der Waals surface area contributed by atoms with Crippen LogP contribution in [-0.2, 0) is 32.2 Å². The van der Waals surface area contributed by atoms with E-state index in [0.717, 1.165) is 24.2 Å². The molecule has 2 aromatic rings. The highest BCUT2D eigenvalue weighted by atomic mass is 16.6. The van der Waals surface area contributed by atoms with Crippen molar-refractivity contribution in [2.75, 3.05) is 32.9 Å². The van der Waals surface area contributed by atoms with Crippen molar-refractivity contribution in [1.82, 2.24) is 4.90 Å². The number of carbonyl (C=O) groups is 1. The second kappa shape index (κ2) is 13.2. The molecule has 0 spiro atoms. The zero-order valence-corrected chi connectivity index (χ0v) is 19.8. The lowest BCUT2D eigenvalue weighted by Gasteiger charge is -2.31. The number of nitrogens with zero attached hydrogens (tertiary/aromatic N) is 1. The van der Waals surface area contributed by atoms with E-state index in [1.54, 1.807) is 4.90 Å². The van der Waals surface area contributed by atoms with Gasteiger partial charge in [-0.2, -0.15) is 0 Å². The molecule has 1 amide bonds. The molecule has 0 radical (unpaired) electrons. The summed E-state index contributed by atoms with van der Waals surface area (Å²) in [6, 6.07) is 20.3. The van der Waals surface area contributed by atoms with E-state index in [4.69, 9.17) is 14.2 Å². The predicted octanol–water partition coefficient (Wildman–Crippen LogP) is 4.46. The van der Waals surface area contributed by atoms with Crippen LogP contribution in [0.25, 0.3) is 0 Å². The van der Waals surface area contributed by atoms with E-state index in [0.29, 0.717) is 45.9 Å². The van der Waals surface area contributed by atoms with E-state index in [1.165, 1.54) is 0 Å². The molecule has 1 saturated heterocycles. The van der Waals surface area contributed by atoms with E-state index >= 15 is 0 Å². The molecule has 0 aliphatic carbocycles. The van der Waals surface area contributed by atoms with Gasteiger partial charge in [0.15, 0.2) is 0 Å². The Morgan fingerprint density at radius 2 is 1.48 bits per heavy atom. The fourth-order valence-corrected chi connectivity index (χ4v) is 3.82. The Labute approximate surface area is 198 Å². The molecular formula is C28H35NO4. The Balaban J connectivity index is 1.69. The van der Waals surface area contributed by atoms with Crippen molar-refractivity contribution in [2.24, 2.45) is 5.41 Å². The summed E-state index contributed by atoms with van der Waals surface area (Å²) < 4.78 is 17.9. The molecule has 176 valence electrons. The summed E-state index contributed by atoms with van der Waals surface area (Å²) >= 11 is 0. The molecule has 0 aromatic heterocycles.